The van der Waals surface area contributed by atoms with Gasteiger partial charge in [0.25, 0.3) is 0 Å². The fourth-order valence-corrected chi connectivity index (χ4v) is 2.07. The Kier molecular flexibility index (Phi) is 2.90. The summed E-state index contributed by atoms with van der Waals surface area (Å²) >= 11 is 0. The molecule has 0 aliphatic heterocycles. The summed E-state index contributed by atoms with van der Waals surface area (Å²) < 4.78 is 2.03. The summed E-state index contributed by atoms with van der Waals surface area (Å²) in [6.07, 6.45) is 2.05. The first kappa shape index (κ1) is 11.7. The SMILES string of the molecule is CN(C)Cc1cn(C)c2ccc(C(=O)O)cc12. The minimum absolute atomic E-state index is 0.337. The molecule has 0 fully saturated rings. The van der Waals surface area contributed by atoms with Crippen molar-refractivity contribution in [2.75, 3.05) is 14.1 Å². The summed E-state index contributed by atoms with van der Waals surface area (Å²) in [6, 6.07) is 5.25. The van der Waals surface area contributed by atoms with Crippen LogP contribution >= 0.6 is 0 Å². The van der Waals surface area contributed by atoms with Crippen LogP contribution in [0.4, 0.5) is 0 Å². The maximum absolute atomic E-state index is 11.0. The number of nitrogens with zero attached hydrogens (tertiary/aromatic N) is 2. The monoisotopic (exact) mass is 232 g/mol. The topological polar surface area (TPSA) is 45.5 Å². The number of carboxylic acids is 1. The molecule has 1 heterocycles. The molecule has 4 nitrogen and oxygen atoms in total. The Morgan fingerprint density at radius 3 is 2.71 bits per heavy atom. The van der Waals surface area contributed by atoms with E-state index in [0.29, 0.717) is 5.56 Å². The Bertz CT molecular complexity index is 570. The molecule has 90 valence electrons. The van der Waals surface area contributed by atoms with Crippen molar-refractivity contribution in [2.24, 2.45) is 7.05 Å². The second-order valence-electron chi connectivity index (χ2n) is 4.54. The van der Waals surface area contributed by atoms with Gasteiger partial charge in [-0.25, -0.2) is 4.79 Å². The Morgan fingerprint density at radius 1 is 1.41 bits per heavy atom. The zero-order chi connectivity index (χ0) is 12.6. The van der Waals surface area contributed by atoms with E-state index < -0.39 is 5.97 Å². The van der Waals surface area contributed by atoms with Gasteiger partial charge < -0.3 is 14.6 Å². The molecule has 0 bridgehead atoms. The van der Waals surface area contributed by atoms with E-state index in [9.17, 15) is 4.79 Å². The molecule has 0 amide bonds. The van der Waals surface area contributed by atoms with Crippen LogP contribution < -0.4 is 0 Å². The lowest BCUT2D eigenvalue weighted by Crippen LogP contribution is -2.10. The molecule has 4 heteroatoms. The minimum atomic E-state index is -0.883. The second-order valence-corrected chi connectivity index (χ2v) is 4.54. The summed E-state index contributed by atoms with van der Waals surface area (Å²) in [7, 11) is 5.97. The van der Waals surface area contributed by atoms with Crippen LogP contribution in [0, 0.1) is 0 Å². The van der Waals surface area contributed by atoms with Crippen molar-refractivity contribution in [2.45, 2.75) is 6.54 Å². The molecule has 2 aromatic rings. The second kappa shape index (κ2) is 4.22. The number of fused-ring (bicyclic) bond motifs is 1. The van der Waals surface area contributed by atoms with Crippen LogP contribution in [0.5, 0.6) is 0 Å². The largest absolute Gasteiger partial charge is 0.478 e. The quantitative estimate of drug-likeness (QED) is 0.879. The van der Waals surface area contributed by atoms with Crippen molar-refractivity contribution < 1.29 is 9.90 Å². The molecule has 0 saturated heterocycles. The number of hydrogen-bond acceptors (Lipinski definition) is 2. The van der Waals surface area contributed by atoms with Crippen molar-refractivity contribution in [3.63, 3.8) is 0 Å². The molecule has 2 rings (SSSR count). The number of carbonyl (C=O) groups is 1. The summed E-state index contributed by atoms with van der Waals surface area (Å²) in [5.74, 6) is -0.883. The highest BCUT2D eigenvalue weighted by Gasteiger charge is 2.10. The Labute approximate surface area is 100 Å². The molecule has 1 aromatic carbocycles. The molecule has 0 aliphatic rings. The maximum atomic E-state index is 11.0. The first-order valence-corrected chi connectivity index (χ1v) is 5.45. The number of aromatic nitrogens is 1. The normalized spacial score (nSPS) is 11.3. The lowest BCUT2D eigenvalue weighted by Gasteiger charge is -2.08. The van der Waals surface area contributed by atoms with Gasteiger partial charge in [0.15, 0.2) is 0 Å². The molecule has 0 aliphatic carbocycles. The summed E-state index contributed by atoms with van der Waals surface area (Å²) in [6.45, 7) is 0.806. The van der Waals surface area contributed by atoms with E-state index in [4.69, 9.17) is 5.11 Å². The van der Waals surface area contributed by atoms with E-state index in [-0.39, 0.29) is 0 Å². The Morgan fingerprint density at radius 2 is 2.12 bits per heavy atom. The smallest absolute Gasteiger partial charge is 0.335 e. The molecule has 1 aromatic heterocycles. The van der Waals surface area contributed by atoms with Gasteiger partial charge in [-0.1, -0.05) is 0 Å². The highest BCUT2D eigenvalue weighted by atomic mass is 16.4. The minimum Gasteiger partial charge on any atom is -0.478 e. The molecule has 1 N–H and O–H groups in total. The molecule has 0 spiro atoms. The zero-order valence-corrected chi connectivity index (χ0v) is 10.3. The first-order valence-electron chi connectivity index (χ1n) is 5.45. The van der Waals surface area contributed by atoms with Gasteiger partial charge in [-0.3, -0.25) is 0 Å². The highest BCUT2D eigenvalue weighted by Crippen LogP contribution is 2.23. The molecule has 0 unspecified atom stereocenters. The van der Waals surface area contributed by atoms with Gasteiger partial charge in [0.05, 0.1) is 5.56 Å². The first-order chi connectivity index (χ1) is 7.99. The van der Waals surface area contributed by atoms with Gasteiger partial charge >= 0.3 is 5.97 Å². The lowest BCUT2D eigenvalue weighted by molar-refractivity contribution is 0.0697. The molecular weight excluding hydrogens is 216 g/mol. The van der Waals surface area contributed by atoms with Crippen LogP contribution in [-0.4, -0.2) is 34.6 Å². The predicted molar refractivity (Wildman–Crippen MR) is 67.3 cm³/mol. The fourth-order valence-electron chi connectivity index (χ4n) is 2.07. The number of benzene rings is 1. The third kappa shape index (κ3) is 2.17. The average molecular weight is 232 g/mol. The van der Waals surface area contributed by atoms with E-state index in [1.54, 1.807) is 12.1 Å². The zero-order valence-electron chi connectivity index (χ0n) is 10.3. The van der Waals surface area contributed by atoms with Crippen molar-refractivity contribution in [1.29, 1.82) is 0 Å². The average Bonchev–Trinajstić information content (AvgIpc) is 2.54. The van der Waals surface area contributed by atoms with Crippen molar-refractivity contribution in [3.05, 3.63) is 35.5 Å². The van der Waals surface area contributed by atoms with Gasteiger partial charge in [-0.15, -0.1) is 0 Å². The number of hydrogen-bond donors (Lipinski definition) is 1. The van der Waals surface area contributed by atoms with Crippen molar-refractivity contribution in [1.82, 2.24) is 9.47 Å². The van der Waals surface area contributed by atoms with Gasteiger partial charge in [0.1, 0.15) is 0 Å². The van der Waals surface area contributed by atoms with Crippen LogP contribution in [0.3, 0.4) is 0 Å². The maximum Gasteiger partial charge on any atom is 0.335 e. The van der Waals surface area contributed by atoms with Crippen LogP contribution in [-0.2, 0) is 13.6 Å². The van der Waals surface area contributed by atoms with Crippen LogP contribution in [0.2, 0.25) is 0 Å². The van der Waals surface area contributed by atoms with E-state index in [1.807, 2.05) is 31.8 Å². The third-order valence-corrected chi connectivity index (χ3v) is 2.81. The highest BCUT2D eigenvalue weighted by molar-refractivity contribution is 5.94. The van der Waals surface area contributed by atoms with Crippen LogP contribution in [0.15, 0.2) is 24.4 Å². The van der Waals surface area contributed by atoms with Gasteiger partial charge in [-0.2, -0.15) is 0 Å². The van der Waals surface area contributed by atoms with E-state index in [2.05, 4.69) is 11.1 Å². The Hall–Kier alpha value is -1.81. The fraction of sp³-hybridized carbons (Fsp3) is 0.308. The molecule has 0 atom stereocenters. The molecule has 0 saturated carbocycles. The standard InChI is InChI=1S/C13H16N2O2/c1-14(2)7-10-8-15(3)12-5-4-9(13(16)17)6-11(10)12/h4-6,8H,7H2,1-3H3,(H,16,17). The summed E-state index contributed by atoms with van der Waals surface area (Å²) in [5.41, 5.74) is 2.55. The summed E-state index contributed by atoms with van der Waals surface area (Å²) in [5, 5.41) is 10.0. The molecule has 17 heavy (non-hydrogen) atoms. The van der Waals surface area contributed by atoms with Crippen molar-refractivity contribution in [3.8, 4) is 0 Å². The molecule has 0 radical (unpaired) electrons. The predicted octanol–water partition coefficient (Wildman–Crippen LogP) is 1.94. The number of aryl methyl sites for hydroxylation is 1. The van der Waals surface area contributed by atoms with E-state index in [0.717, 1.165) is 23.0 Å². The Balaban J connectivity index is 2.60. The van der Waals surface area contributed by atoms with Crippen LogP contribution in [0.25, 0.3) is 10.9 Å². The summed E-state index contributed by atoms with van der Waals surface area (Å²) in [4.78, 5) is 13.0. The van der Waals surface area contributed by atoms with E-state index in [1.165, 1.54) is 0 Å². The number of aromatic carboxylic acids is 1. The van der Waals surface area contributed by atoms with Gasteiger partial charge in [0, 0.05) is 30.7 Å². The van der Waals surface area contributed by atoms with Crippen LogP contribution in [0.1, 0.15) is 15.9 Å². The number of rotatable bonds is 3. The van der Waals surface area contributed by atoms with Gasteiger partial charge in [-0.05, 0) is 37.9 Å². The van der Waals surface area contributed by atoms with Gasteiger partial charge in [0.2, 0.25) is 0 Å². The number of carboxylic acid groups (broad SMARTS) is 1. The molecular formula is C13H16N2O2. The van der Waals surface area contributed by atoms with E-state index >= 15 is 0 Å². The lowest BCUT2D eigenvalue weighted by atomic mass is 10.1. The third-order valence-electron chi connectivity index (χ3n) is 2.81. The van der Waals surface area contributed by atoms with Crippen molar-refractivity contribution >= 4 is 16.9 Å².